The third-order valence-corrected chi connectivity index (χ3v) is 5.58. The van der Waals surface area contributed by atoms with Crippen molar-refractivity contribution in [1.82, 2.24) is 25.1 Å². The number of nitrogens with zero attached hydrogens (tertiary/aromatic N) is 5. The summed E-state index contributed by atoms with van der Waals surface area (Å²) in [6.07, 6.45) is 10.9. The molecule has 0 unspecified atom stereocenters. The first-order chi connectivity index (χ1) is 10.8. The van der Waals surface area contributed by atoms with E-state index in [-0.39, 0.29) is 5.91 Å². The number of carbonyl (C=O) groups excluding carboxylic acids is 1. The van der Waals surface area contributed by atoms with Crippen LogP contribution in [0.3, 0.4) is 0 Å². The van der Waals surface area contributed by atoms with Gasteiger partial charge in [-0.25, -0.2) is 4.68 Å². The van der Waals surface area contributed by atoms with Crippen LogP contribution in [0.4, 0.5) is 0 Å². The molecular weight excluding hydrogens is 298 g/mol. The van der Waals surface area contributed by atoms with E-state index in [2.05, 4.69) is 15.5 Å². The van der Waals surface area contributed by atoms with E-state index in [1.807, 2.05) is 9.58 Å². The molecule has 122 valence electrons. The molecule has 2 fully saturated rings. The number of tetrazole rings is 1. The molecule has 1 aromatic heterocycles. The quantitative estimate of drug-likeness (QED) is 0.797. The highest BCUT2D eigenvalue weighted by molar-refractivity contribution is 7.99. The van der Waals surface area contributed by atoms with E-state index in [0.717, 1.165) is 43.9 Å². The average Bonchev–Trinajstić information content (AvgIpc) is 2.86. The zero-order chi connectivity index (χ0) is 15.2. The normalized spacial score (nSPS) is 20.8. The first-order valence-electron chi connectivity index (χ1n) is 8.53. The number of aromatic nitrogens is 4. The molecule has 2 heterocycles. The van der Waals surface area contributed by atoms with Gasteiger partial charge in [0.2, 0.25) is 11.1 Å². The van der Waals surface area contributed by atoms with Gasteiger partial charge >= 0.3 is 0 Å². The van der Waals surface area contributed by atoms with Crippen LogP contribution in [-0.2, 0) is 4.79 Å². The Hall–Kier alpha value is -1.11. The maximum atomic E-state index is 12.4. The van der Waals surface area contributed by atoms with Crippen molar-refractivity contribution >= 4 is 17.7 Å². The number of rotatable bonds is 4. The minimum atomic E-state index is 0.227. The lowest BCUT2D eigenvalue weighted by Gasteiger charge is -2.22. The number of carbonyl (C=O) groups is 1. The van der Waals surface area contributed by atoms with Crippen LogP contribution in [0.15, 0.2) is 5.16 Å². The Morgan fingerprint density at radius 2 is 1.73 bits per heavy atom. The van der Waals surface area contributed by atoms with Crippen LogP contribution in [-0.4, -0.2) is 49.9 Å². The van der Waals surface area contributed by atoms with E-state index >= 15 is 0 Å². The zero-order valence-electron chi connectivity index (χ0n) is 13.1. The lowest BCUT2D eigenvalue weighted by molar-refractivity contribution is -0.128. The number of likely N-dealkylation sites (tertiary alicyclic amines) is 1. The van der Waals surface area contributed by atoms with Crippen LogP contribution in [0, 0.1) is 0 Å². The minimum absolute atomic E-state index is 0.227. The third-order valence-electron chi connectivity index (χ3n) is 4.67. The summed E-state index contributed by atoms with van der Waals surface area (Å²) in [6, 6.07) is 0.416. The molecule has 1 aromatic rings. The predicted molar refractivity (Wildman–Crippen MR) is 85.7 cm³/mol. The van der Waals surface area contributed by atoms with Crippen molar-refractivity contribution in [3.05, 3.63) is 0 Å². The predicted octanol–water partition coefficient (Wildman–Crippen LogP) is 2.67. The van der Waals surface area contributed by atoms with Crippen LogP contribution >= 0.6 is 11.8 Å². The second-order valence-corrected chi connectivity index (χ2v) is 7.22. The highest BCUT2D eigenvalue weighted by atomic mass is 32.2. The number of hydrogen-bond acceptors (Lipinski definition) is 5. The lowest BCUT2D eigenvalue weighted by atomic mass is 9.96. The topological polar surface area (TPSA) is 63.9 Å². The molecule has 22 heavy (non-hydrogen) atoms. The summed E-state index contributed by atoms with van der Waals surface area (Å²) in [5.41, 5.74) is 0. The van der Waals surface area contributed by atoms with E-state index in [1.54, 1.807) is 0 Å². The van der Waals surface area contributed by atoms with Crippen molar-refractivity contribution in [1.29, 1.82) is 0 Å². The largest absolute Gasteiger partial charge is 0.342 e. The number of thioether (sulfide) groups is 1. The Bertz CT molecular complexity index is 478. The standard InChI is InChI=1S/C15H25N5OS/c21-14(19-10-6-1-2-7-11-19)12-22-15-16-17-18-20(15)13-8-4-3-5-9-13/h13H,1-12H2. The molecule has 0 spiro atoms. The highest BCUT2D eigenvalue weighted by Crippen LogP contribution is 2.30. The van der Waals surface area contributed by atoms with Gasteiger partial charge in [-0.05, 0) is 36.1 Å². The Morgan fingerprint density at radius 1 is 1.05 bits per heavy atom. The van der Waals surface area contributed by atoms with E-state index < -0.39 is 0 Å². The lowest BCUT2D eigenvalue weighted by Crippen LogP contribution is -2.33. The Morgan fingerprint density at radius 3 is 2.45 bits per heavy atom. The van der Waals surface area contributed by atoms with Crippen LogP contribution in [0.5, 0.6) is 0 Å². The molecule has 1 saturated carbocycles. The van der Waals surface area contributed by atoms with Gasteiger partial charge in [-0.3, -0.25) is 4.79 Å². The molecular formula is C15H25N5OS. The summed E-state index contributed by atoms with van der Waals surface area (Å²) in [5, 5.41) is 12.9. The molecule has 0 bridgehead atoms. The molecule has 7 heteroatoms. The van der Waals surface area contributed by atoms with Gasteiger partial charge in [0.05, 0.1) is 11.8 Å². The molecule has 3 rings (SSSR count). The zero-order valence-corrected chi connectivity index (χ0v) is 13.9. The molecule has 0 radical (unpaired) electrons. The fourth-order valence-corrected chi connectivity index (χ4v) is 4.22. The Balaban J connectivity index is 1.54. The van der Waals surface area contributed by atoms with E-state index in [1.165, 1.54) is 43.9 Å². The average molecular weight is 323 g/mol. The van der Waals surface area contributed by atoms with Gasteiger partial charge in [0.25, 0.3) is 0 Å². The van der Waals surface area contributed by atoms with Gasteiger partial charge in [0.15, 0.2) is 0 Å². The van der Waals surface area contributed by atoms with Gasteiger partial charge in [-0.15, -0.1) is 5.10 Å². The van der Waals surface area contributed by atoms with Gasteiger partial charge in [-0.2, -0.15) is 0 Å². The molecule has 0 aromatic carbocycles. The van der Waals surface area contributed by atoms with Crippen molar-refractivity contribution in [3.63, 3.8) is 0 Å². The molecule has 2 aliphatic rings. The first-order valence-corrected chi connectivity index (χ1v) is 9.51. The van der Waals surface area contributed by atoms with Crippen molar-refractivity contribution in [2.45, 2.75) is 69.0 Å². The molecule has 1 aliphatic heterocycles. The van der Waals surface area contributed by atoms with Crippen molar-refractivity contribution in [2.75, 3.05) is 18.8 Å². The fourth-order valence-electron chi connectivity index (χ4n) is 3.37. The monoisotopic (exact) mass is 323 g/mol. The van der Waals surface area contributed by atoms with Crippen LogP contribution in [0.2, 0.25) is 0 Å². The number of hydrogen-bond donors (Lipinski definition) is 0. The summed E-state index contributed by atoms with van der Waals surface area (Å²) in [6.45, 7) is 1.82. The smallest absolute Gasteiger partial charge is 0.233 e. The molecule has 0 atom stereocenters. The van der Waals surface area contributed by atoms with Crippen molar-refractivity contribution in [2.24, 2.45) is 0 Å². The van der Waals surface area contributed by atoms with Gasteiger partial charge in [0.1, 0.15) is 0 Å². The molecule has 0 N–H and O–H groups in total. The van der Waals surface area contributed by atoms with Gasteiger partial charge in [0, 0.05) is 13.1 Å². The SMILES string of the molecule is O=C(CSc1nnnn1C1CCCCC1)N1CCCCCC1. The first kappa shape index (κ1) is 15.8. The van der Waals surface area contributed by atoms with E-state index in [0.29, 0.717) is 11.8 Å². The summed E-state index contributed by atoms with van der Waals surface area (Å²) in [7, 11) is 0. The Labute approximate surface area is 136 Å². The van der Waals surface area contributed by atoms with Gasteiger partial charge in [-0.1, -0.05) is 43.9 Å². The third kappa shape index (κ3) is 4.00. The molecule has 6 nitrogen and oxygen atoms in total. The maximum absolute atomic E-state index is 12.4. The second kappa shape index (κ2) is 7.94. The second-order valence-electron chi connectivity index (χ2n) is 6.28. The van der Waals surface area contributed by atoms with Crippen molar-refractivity contribution in [3.8, 4) is 0 Å². The summed E-state index contributed by atoms with van der Waals surface area (Å²) in [5.74, 6) is 0.678. The van der Waals surface area contributed by atoms with E-state index in [9.17, 15) is 4.79 Å². The van der Waals surface area contributed by atoms with Crippen LogP contribution in [0.25, 0.3) is 0 Å². The van der Waals surface area contributed by atoms with Crippen LogP contribution < -0.4 is 0 Å². The van der Waals surface area contributed by atoms with E-state index in [4.69, 9.17) is 0 Å². The van der Waals surface area contributed by atoms with Gasteiger partial charge < -0.3 is 4.90 Å². The fraction of sp³-hybridized carbons (Fsp3) is 0.867. The molecule has 1 aliphatic carbocycles. The summed E-state index contributed by atoms with van der Waals surface area (Å²) in [4.78, 5) is 14.4. The van der Waals surface area contributed by atoms with Crippen molar-refractivity contribution < 1.29 is 4.79 Å². The summed E-state index contributed by atoms with van der Waals surface area (Å²) >= 11 is 1.49. The number of amides is 1. The maximum Gasteiger partial charge on any atom is 0.233 e. The Kier molecular flexibility index (Phi) is 5.70. The minimum Gasteiger partial charge on any atom is -0.342 e. The molecule has 1 saturated heterocycles. The van der Waals surface area contributed by atoms with Crippen LogP contribution in [0.1, 0.15) is 63.8 Å². The highest BCUT2D eigenvalue weighted by Gasteiger charge is 2.22. The summed E-state index contributed by atoms with van der Waals surface area (Å²) < 4.78 is 1.94. The molecule has 1 amide bonds.